The average Bonchev–Trinajstić information content (AvgIpc) is 3.20. The first-order valence-electron chi connectivity index (χ1n) is 14.5. The van der Waals surface area contributed by atoms with E-state index in [0.717, 1.165) is 49.4 Å². The molecule has 5 rings (SSSR count). The van der Waals surface area contributed by atoms with Gasteiger partial charge in [0, 0.05) is 39.5 Å². The van der Waals surface area contributed by atoms with Crippen molar-refractivity contribution in [1.29, 1.82) is 0 Å². The number of hydrogen-bond donors (Lipinski definition) is 1. The Bertz CT molecular complexity index is 862. The monoisotopic (exact) mass is 484 g/mol. The molecule has 1 aliphatic heterocycles. The average molecular weight is 485 g/mol. The molecule has 0 radical (unpaired) electrons. The van der Waals surface area contributed by atoms with Crippen LogP contribution < -0.4 is 0 Å². The molecule has 8 atom stereocenters. The number of nitrogens with zero attached hydrogens (tertiary/aromatic N) is 2. The number of carbonyl (C=O) groups excluding carboxylic acids is 2. The molecule has 1 unspecified atom stereocenters. The summed E-state index contributed by atoms with van der Waals surface area (Å²) in [6, 6.07) is 0. The van der Waals surface area contributed by atoms with Crippen LogP contribution in [0.5, 0.6) is 0 Å². The van der Waals surface area contributed by atoms with Crippen molar-refractivity contribution in [2.45, 2.75) is 98.0 Å². The summed E-state index contributed by atoms with van der Waals surface area (Å²) in [7, 11) is 0. The SMILES string of the molecule is CC(=O)N1CCN(C(=O)CCC(C)[C@H]2CC[C@H]3[C@@H]4CC=C5C[C@@H](O)CC[C@]5(C)[C@H]4CC[C@]23C)CC1. The van der Waals surface area contributed by atoms with E-state index in [0.29, 0.717) is 49.3 Å². The van der Waals surface area contributed by atoms with Gasteiger partial charge in [-0.1, -0.05) is 32.4 Å². The van der Waals surface area contributed by atoms with Crippen molar-refractivity contribution in [1.82, 2.24) is 9.80 Å². The molecule has 3 saturated carbocycles. The number of piperazine rings is 1. The maximum absolute atomic E-state index is 12.9. The van der Waals surface area contributed by atoms with E-state index in [2.05, 4.69) is 26.8 Å². The van der Waals surface area contributed by atoms with Crippen LogP contribution in [0.3, 0.4) is 0 Å². The molecule has 0 aromatic carbocycles. The lowest BCUT2D eigenvalue weighted by Crippen LogP contribution is -2.51. The van der Waals surface area contributed by atoms with Gasteiger partial charge in [-0.25, -0.2) is 0 Å². The summed E-state index contributed by atoms with van der Waals surface area (Å²) in [5.74, 6) is 4.10. The Morgan fingerprint density at radius 3 is 2.46 bits per heavy atom. The zero-order valence-corrected chi connectivity index (χ0v) is 22.6. The molecule has 0 aromatic rings. The van der Waals surface area contributed by atoms with Gasteiger partial charge in [-0.15, -0.1) is 0 Å². The van der Waals surface area contributed by atoms with Gasteiger partial charge in [0.15, 0.2) is 0 Å². The van der Waals surface area contributed by atoms with Gasteiger partial charge in [0.05, 0.1) is 6.10 Å². The minimum absolute atomic E-state index is 0.115. The lowest BCUT2D eigenvalue weighted by Gasteiger charge is -2.58. The van der Waals surface area contributed by atoms with Crippen LogP contribution in [-0.4, -0.2) is 59.0 Å². The molecule has 2 amide bonds. The zero-order chi connectivity index (χ0) is 25.0. The smallest absolute Gasteiger partial charge is 0.222 e. The standard InChI is InChI=1S/C30H48N2O3/c1-20(5-10-28(35)32-17-15-31(16-18-32)21(2)33)25-8-9-26-24-7-6-22-19-23(34)11-13-29(22,3)27(24)12-14-30(25,26)4/h6,20,23-27,34H,5,7-19H2,1-4H3/t20?,23-,24-,25+,26-,27-,29-,30+/m0/s1. The molecule has 0 spiro atoms. The summed E-state index contributed by atoms with van der Waals surface area (Å²) in [5, 5.41) is 10.3. The van der Waals surface area contributed by atoms with Crippen LogP contribution in [0.4, 0.5) is 0 Å². The molecule has 4 aliphatic carbocycles. The second-order valence-corrected chi connectivity index (χ2v) is 13.3. The lowest BCUT2D eigenvalue weighted by atomic mass is 9.47. The molecule has 1 heterocycles. The van der Waals surface area contributed by atoms with E-state index in [1.807, 2.05) is 9.80 Å². The second-order valence-electron chi connectivity index (χ2n) is 13.3. The van der Waals surface area contributed by atoms with Crippen LogP contribution in [0.25, 0.3) is 0 Å². The van der Waals surface area contributed by atoms with E-state index in [-0.39, 0.29) is 17.9 Å². The van der Waals surface area contributed by atoms with Crippen molar-refractivity contribution in [2.75, 3.05) is 26.2 Å². The van der Waals surface area contributed by atoms with Crippen LogP contribution in [0.15, 0.2) is 11.6 Å². The molecular formula is C30H48N2O3. The Labute approximate surface area is 212 Å². The predicted octanol–water partition coefficient (Wildman–Crippen LogP) is 5.03. The molecule has 0 bridgehead atoms. The van der Waals surface area contributed by atoms with Gasteiger partial charge < -0.3 is 14.9 Å². The topological polar surface area (TPSA) is 60.9 Å². The molecule has 35 heavy (non-hydrogen) atoms. The summed E-state index contributed by atoms with van der Waals surface area (Å²) < 4.78 is 0. The fourth-order valence-corrected chi connectivity index (χ4v) is 9.60. The van der Waals surface area contributed by atoms with Gasteiger partial charge in [-0.05, 0) is 98.2 Å². The largest absolute Gasteiger partial charge is 0.393 e. The molecule has 4 fully saturated rings. The third-order valence-corrected chi connectivity index (χ3v) is 11.7. The fourth-order valence-electron chi connectivity index (χ4n) is 9.60. The minimum Gasteiger partial charge on any atom is -0.393 e. The molecule has 0 aromatic heterocycles. The van der Waals surface area contributed by atoms with Gasteiger partial charge in [-0.3, -0.25) is 9.59 Å². The quantitative estimate of drug-likeness (QED) is 0.569. The van der Waals surface area contributed by atoms with Crippen molar-refractivity contribution in [2.24, 2.45) is 40.4 Å². The van der Waals surface area contributed by atoms with Crippen LogP contribution >= 0.6 is 0 Å². The number of aliphatic hydroxyl groups is 1. The maximum atomic E-state index is 12.9. The van der Waals surface area contributed by atoms with Gasteiger partial charge in [0.1, 0.15) is 0 Å². The van der Waals surface area contributed by atoms with Crippen LogP contribution in [0.2, 0.25) is 0 Å². The van der Waals surface area contributed by atoms with Crippen LogP contribution in [0, 0.1) is 40.4 Å². The van der Waals surface area contributed by atoms with Gasteiger partial charge >= 0.3 is 0 Å². The Kier molecular flexibility index (Phi) is 6.87. The number of aliphatic hydroxyl groups excluding tert-OH is 1. The molecule has 5 aliphatic rings. The summed E-state index contributed by atoms with van der Waals surface area (Å²) >= 11 is 0. The van der Waals surface area contributed by atoms with E-state index in [4.69, 9.17) is 0 Å². The van der Waals surface area contributed by atoms with E-state index in [1.54, 1.807) is 12.5 Å². The van der Waals surface area contributed by atoms with Crippen molar-refractivity contribution < 1.29 is 14.7 Å². The highest BCUT2D eigenvalue weighted by molar-refractivity contribution is 5.77. The summed E-state index contributed by atoms with van der Waals surface area (Å²) in [6.45, 7) is 11.9. The summed E-state index contributed by atoms with van der Waals surface area (Å²) in [6.07, 6.45) is 13.7. The van der Waals surface area contributed by atoms with Gasteiger partial charge in [-0.2, -0.15) is 0 Å². The molecule has 1 saturated heterocycles. The first-order valence-corrected chi connectivity index (χ1v) is 14.5. The molecule has 196 valence electrons. The third kappa shape index (κ3) is 4.38. The zero-order valence-electron chi connectivity index (χ0n) is 22.6. The second kappa shape index (κ2) is 9.50. The Balaban J connectivity index is 1.20. The predicted molar refractivity (Wildman–Crippen MR) is 138 cm³/mol. The Morgan fingerprint density at radius 1 is 1.03 bits per heavy atom. The number of allylic oxidation sites excluding steroid dienone is 1. The highest BCUT2D eigenvalue weighted by Gasteiger charge is 2.59. The first kappa shape index (κ1) is 25.3. The van der Waals surface area contributed by atoms with E-state index in [9.17, 15) is 14.7 Å². The molecule has 1 N–H and O–H groups in total. The minimum atomic E-state index is -0.128. The first-order chi connectivity index (χ1) is 16.6. The van der Waals surface area contributed by atoms with Crippen molar-refractivity contribution in [3.8, 4) is 0 Å². The van der Waals surface area contributed by atoms with Crippen molar-refractivity contribution in [3.05, 3.63) is 11.6 Å². The Morgan fingerprint density at radius 2 is 1.74 bits per heavy atom. The summed E-state index contributed by atoms with van der Waals surface area (Å²) in [4.78, 5) is 28.3. The molecule has 5 nitrogen and oxygen atoms in total. The number of carbonyl (C=O) groups is 2. The van der Waals surface area contributed by atoms with E-state index < -0.39 is 0 Å². The van der Waals surface area contributed by atoms with E-state index >= 15 is 0 Å². The molecule has 5 heteroatoms. The fraction of sp³-hybridized carbons (Fsp3) is 0.867. The number of rotatable bonds is 4. The van der Waals surface area contributed by atoms with Crippen LogP contribution in [0.1, 0.15) is 91.9 Å². The van der Waals surface area contributed by atoms with Gasteiger partial charge in [0.2, 0.25) is 11.8 Å². The highest BCUT2D eigenvalue weighted by Crippen LogP contribution is 2.67. The highest BCUT2D eigenvalue weighted by atomic mass is 16.3. The third-order valence-electron chi connectivity index (χ3n) is 11.7. The number of hydrogen-bond acceptors (Lipinski definition) is 3. The van der Waals surface area contributed by atoms with Gasteiger partial charge in [0.25, 0.3) is 0 Å². The van der Waals surface area contributed by atoms with Crippen molar-refractivity contribution >= 4 is 11.8 Å². The number of amides is 2. The maximum Gasteiger partial charge on any atom is 0.222 e. The number of fused-ring (bicyclic) bond motifs is 5. The summed E-state index contributed by atoms with van der Waals surface area (Å²) in [5.41, 5.74) is 2.28. The molecular weight excluding hydrogens is 436 g/mol. The van der Waals surface area contributed by atoms with E-state index in [1.165, 1.54) is 32.1 Å². The van der Waals surface area contributed by atoms with Crippen molar-refractivity contribution in [3.63, 3.8) is 0 Å². The van der Waals surface area contributed by atoms with Crippen LogP contribution in [-0.2, 0) is 9.59 Å². The lowest BCUT2D eigenvalue weighted by molar-refractivity contribution is -0.138. The Hall–Kier alpha value is -1.36. The normalized spacial score (nSPS) is 42.0.